The number of carbonyl (C=O) groups is 2. The third kappa shape index (κ3) is 5.20. The van der Waals surface area contributed by atoms with E-state index in [1.807, 2.05) is 62.4 Å². The fraction of sp³-hybridized carbons (Fsp3) is 0.364. The van der Waals surface area contributed by atoms with Gasteiger partial charge in [0.1, 0.15) is 0 Å². The van der Waals surface area contributed by atoms with Crippen LogP contribution in [-0.2, 0) is 9.59 Å². The van der Waals surface area contributed by atoms with Gasteiger partial charge in [0.2, 0.25) is 11.8 Å². The van der Waals surface area contributed by atoms with Gasteiger partial charge in [-0.2, -0.15) is 0 Å². The summed E-state index contributed by atoms with van der Waals surface area (Å²) in [5.74, 6) is -0.159. The molecule has 2 amide bonds. The van der Waals surface area contributed by atoms with Crippen molar-refractivity contribution in [1.82, 2.24) is 4.90 Å². The molecule has 5 nitrogen and oxygen atoms in total. The molecule has 28 heavy (non-hydrogen) atoms. The summed E-state index contributed by atoms with van der Waals surface area (Å²) < 4.78 is 0.867. The first-order valence-electron chi connectivity index (χ1n) is 9.61. The summed E-state index contributed by atoms with van der Waals surface area (Å²) in [6.07, 6.45) is 1.74. The highest BCUT2D eigenvalue weighted by Gasteiger charge is 2.31. The van der Waals surface area contributed by atoms with Crippen molar-refractivity contribution in [3.63, 3.8) is 0 Å². The number of hydrogen-bond donors (Lipinski definition) is 2. The van der Waals surface area contributed by atoms with Crippen LogP contribution in [0.4, 0.5) is 11.4 Å². The van der Waals surface area contributed by atoms with Crippen LogP contribution in [0.1, 0.15) is 25.3 Å². The SMILES string of the molecule is Cc1ccc(NC(=O)[C@H](C)N2CCC[C@H](C(=O)Nc3ccccc3)C2)c(Br)c1. The van der Waals surface area contributed by atoms with Gasteiger partial charge in [-0.05, 0) is 79.0 Å². The molecule has 2 N–H and O–H groups in total. The minimum absolute atomic E-state index is 0.0183. The van der Waals surface area contributed by atoms with Crippen LogP contribution < -0.4 is 10.6 Å². The number of aryl methyl sites for hydroxylation is 1. The third-order valence-electron chi connectivity index (χ3n) is 5.17. The van der Waals surface area contributed by atoms with Gasteiger partial charge in [0, 0.05) is 16.7 Å². The van der Waals surface area contributed by atoms with Crippen LogP contribution in [0.2, 0.25) is 0 Å². The van der Waals surface area contributed by atoms with E-state index in [1.54, 1.807) is 0 Å². The van der Waals surface area contributed by atoms with E-state index in [0.717, 1.165) is 40.8 Å². The molecule has 0 spiro atoms. The number of halogens is 1. The highest BCUT2D eigenvalue weighted by Crippen LogP contribution is 2.25. The Morgan fingerprint density at radius 3 is 2.61 bits per heavy atom. The number of para-hydroxylation sites is 1. The average Bonchev–Trinajstić information content (AvgIpc) is 2.70. The number of likely N-dealkylation sites (tertiary alicyclic amines) is 1. The Kier molecular flexibility index (Phi) is 6.86. The molecule has 2 aromatic rings. The predicted octanol–water partition coefficient (Wildman–Crippen LogP) is 4.44. The molecule has 1 aliphatic rings. The number of anilines is 2. The van der Waals surface area contributed by atoms with Crippen LogP contribution in [0, 0.1) is 12.8 Å². The Bertz CT molecular complexity index is 841. The van der Waals surface area contributed by atoms with Gasteiger partial charge < -0.3 is 10.6 Å². The number of benzene rings is 2. The van der Waals surface area contributed by atoms with Gasteiger partial charge in [0.15, 0.2) is 0 Å². The predicted molar refractivity (Wildman–Crippen MR) is 116 cm³/mol. The summed E-state index contributed by atoms with van der Waals surface area (Å²) in [6, 6.07) is 15.0. The fourth-order valence-electron chi connectivity index (χ4n) is 3.46. The van der Waals surface area contributed by atoms with Gasteiger partial charge >= 0.3 is 0 Å². The lowest BCUT2D eigenvalue weighted by molar-refractivity contribution is -0.125. The summed E-state index contributed by atoms with van der Waals surface area (Å²) in [7, 11) is 0. The maximum atomic E-state index is 12.7. The minimum Gasteiger partial charge on any atom is -0.326 e. The van der Waals surface area contributed by atoms with Gasteiger partial charge in [-0.3, -0.25) is 14.5 Å². The second kappa shape index (κ2) is 9.34. The molecule has 2 aromatic carbocycles. The molecule has 148 valence electrons. The zero-order valence-corrected chi connectivity index (χ0v) is 17.8. The number of hydrogen-bond acceptors (Lipinski definition) is 3. The minimum atomic E-state index is -0.305. The van der Waals surface area contributed by atoms with Crippen LogP contribution in [0.3, 0.4) is 0 Å². The number of carbonyl (C=O) groups excluding carboxylic acids is 2. The van der Waals surface area contributed by atoms with Gasteiger partial charge in [-0.15, -0.1) is 0 Å². The van der Waals surface area contributed by atoms with E-state index in [1.165, 1.54) is 0 Å². The van der Waals surface area contributed by atoms with Gasteiger partial charge in [-0.1, -0.05) is 24.3 Å². The van der Waals surface area contributed by atoms with Crippen LogP contribution in [-0.4, -0.2) is 35.8 Å². The first kappa shape index (κ1) is 20.6. The van der Waals surface area contributed by atoms with Crippen LogP contribution in [0.15, 0.2) is 53.0 Å². The lowest BCUT2D eigenvalue weighted by Gasteiger charge is -2.35. The Labute approximate surface area is 174 Å². The van der Waals surface area contributed by atoms with E-state index in [-0.39, 0.29) is 23.8 Å². The van der Waals surface area contributed by atoms with Crippen LogP contribution in [0.5, 0.6) is 0 Å². The maximum absolute atomic E-state index is 12.7. The number of amides is 2. The molecule has 6 heteroatoms. The van der Waals surface area contributed by atoms with Crippen molar-refractivity contribution in [1.29, 1.82) is 0 Å². The van der Waals surface area contributed by atoms with Crippen molar-refractivity contribution >= 4 is 39.1 Å². The van der Waals surface area contributed by atoms with E-state index in [4.69, 9.17) is 0 Å². The quantitative estimate of drug-likeness (QED) is 0.717. The summed E-state index contributed by atoms with van der Waals surface area (Å²) in [4.78, 5) is 27.5. The van der Waals surface area contributed by atoms with Crippen molar-refractivity contribution in [2.45, 2.75) is 32.7 Å². The molecular weight excluding hydrogens is 418 g/mol. The summed E-state index contributed by atoms with van der Waals surface area (Å²) in [5, 5.41) is 5.97. The van der Waals surface area contributed by atoms with E-state index >= 15 is 0 Å². The van der Waals surface area contributed by atoms with Gasteiger partial charge in [0.25, 0.3) is 0 Å². The van der Waals surface area contributed by atoms with Gasteiger partial charge in [0.05, 0.1) is 17.6 Å². The highest BCUT2D eigenvalue weighted by molar-refractivity contribution is 9.10. The maximum Gasteiger partial charge on any atom is 0.241 e. The Morgan fingerprint density at radius 1 is 1.14 bits per heavy atom. The van der Waals surface area contributed by atoms with Gasteiger partial charge in [-0.25, -0.2) is 0 Å². The highest BCUT2D eigenvalue weighted by atomic mass is 79.9. The molecule has 0 radical (unpaired) electrons. The topological polar surface area (TPSA) is 61.4 Å². The molecule has 1 aliphatic heterocycles. The molecule has 2 atom stereocenters. The molecular formula is C22H26BrN3O2. The third-order valence-corrected chi connectivity index (χ3v) is 5.83. The number of nitrogens with zero attached hydrogens (tertiary/aromatic N) is 1. The Hall–Kier alpha value is -2.18. The van der Waals surface area contributed by atoms with Crippen molar-refractivity contribution in [2.24, 2.45) is 5.92 Å². The van der Waals surface area contributed by atoms with Crippen molar-refractivity contribution in [3.05, 3.63) is 58.6 Å². The zero-order valence-electron chi connectivity index (χ0n) is 16.2. The van der Waals surface area contributed by atoms with E-state index in [0.29, 0.717) is 6.54 Å². The second-order valence-electron chi connectivity index (χ2n) is 7.34. The van der Waals surface area contributed by atoms with Crippen LogP contribution in [0.25, 0.3) is 0 Å². The largest absolute Gasteiger partial charge is 0.326 e. The fourth-order valence-corrected chi connectivity index (χ4v) is 4.05. The molecule has 1 saturated heterocycles. The summed E-state index contributed by atoms with van der Waals surface area (Å²) in [6.45, 7) is 5.31. The smallest absolute Gasteiger partial charge is 0.241 e. The number of rotatable bonds is 5. The van der Waals surface area contributed by atoms with E-state index in [9.17, 15) is 9.59 Å². The Balaban J connectivity index is 1.59. The molecule has 3 rings (SSSR count). The molecule has 1 heterocycles. The first-order chi connectivity index (χ1) is 13.4. The number of nitrogens with one attached hydrogen (secondary N) is 2. The normalized spacial score (nSPS) is 18.3. The number of piperidine rings is 1. The van der Waals surface area contributed by atoms with Crippen molar-refractivity contribution < 1.29 is 9.59 Å². The molecule has 0 saturated carbocycles. The first-order valence-corrected chi connectivity index (χ1v) is 10.4. The van der Waals surface area contributed by atoms with Crippen LogP contribution >= 0.6 is 15.9 Å². The molecule has 0 aliphatic carbocycles. The molecule has 0 aromatic heterocycles. The molecule has 0 bridgehead atoms. The average molecular weight is 444 g/mol. The standard InChI is InChI=1S/C22H26BrN3O2/c1-15-10-11-20(19(23)13-15)25-21(27)16(2)26-12-6-7-17(14-26)22(28)24-18-8-4-3-5-9-18/h3-5,8-11,13,16-17H,6-7,12,14H2,1-2H3,(H,24,28)(H,25,27)/t16-,17-/m0/s1. The second-order valence-corrected chi connectivity index (χ2v) is 8.19. The lowest BCUT2D eigenvalue weighted by Crippen LogP contribution is -2.49. The lowest BCUT2D eigenvalue weighted by atomic mass is 9.95. The zero-order chi connectivity index (χ0) is 20.1. The summed E-state index contributed by atoms with van der Waals surface area (Å²) >= 11 is 3.50. The van der Waals surface area contributed by atoms with E-state index in [2.05, 4.69) is 31.5 Å². The van der Waals surface area contributed by atoms with Crippen molar-refractivity contribution in [2.75, 3.05) is 23.7 Å². The van der Waals surface area contributed by atoms with E-state index < -0.39 is 0 Å². The monoisotopic (exact) mass is 443 g/mol. The molecule has 1 fully saturated rings. The van der Waals surface area contributed by atoms with Crippen molar-refractivity contribution in [3.8, 4) is 0 Å². The Morgan fingerprint density at radius 2 is 1.89 bits per heavy atom. The molecule has 0 unspecified atom stereocenters. The summed E-state index contributed by atoms with van der Waals surface area (Å²) in [5.41, 5.74) is 2.69.